The lowest BCUT2D eigenvalue weighted by atomic mass is 9.94. The predicted octanol–water partition coefficient (Wildman–Crippen LogP) is 5.43. The molecule has 0 bridgehead atoms. The van der Waals surface area contributed by atoms with E-state index >= 15 is 0 Å². The molecule has 0 aliphatic carbocycles. The number of halogens is 5. The third kappa shape index (κ3) is 3.78. The van der Waals surface area contributed by atoms with Gasteiger partial charge in [-0.3, -0.25) is 0 Å². The van der Waals surface area contributed by atoms with Crippen molar-refractivity contribution in [2.24, 2.45) is 0 Å². The zero-order valence-corrected chi connectivity index (χ0v) is 13.4. The predicted molar refractivity (Wildman–Crippen MR) is 81.5 cm³/mol. The summed E-state index contributed by atoms with van der Waals surface area (Å²) in [5.41, 5.74) is 0.233. The normalized spacial score (nSPS) is 13.2. The van der Waals surface area contributed by atoms with Crippen molar-refractivity contribution in [1.82, 2.24) is 5.32 Å². The molecule has 1 N–H and O–H groups in total. The fraction of sp³-hybridized carbons (Fsp3) is 0.200. The van der Waals surface area contributed by atoms with E-state index in [4.69, 9.17) is 11.6 Å². The summed E-state index contributed by atoms with van der Waals surface area (Å²) < 4.78 is 40.1. The first-order chi connectivity index (χ1) is 9.82. The Morgan fingerprint density at radius 1 is 1.10 bits per heavy atom. The van der Waals surface area contributed by atoms with Gasteiger partial charge in [0.25, 0.3) is 0 Å². The Hall–Kier alpha value is -1.04. The van der Waals surface area contributed by atoms with Crippen molar-refractivity contribution in [2.45, 2.75) is 12.2 Å². The molecule has 21 heavy (non-hydrogen) atoms. The Labute approximate surface area is 134 Å². The van der Waals surface area contributed by atoms with Gasteiger partial charge in [-0.25, -0.2) is 0 Å². The van der Waals surface area contributed by atoms with E-state index in [1.807, 2.05) is 0 Å². The van der Waals surface area contributed by atoms with E-state index < -0.39 is 17.8 Å². The van der Waals surface area contributed by atoms with Gasteiger partial charge >= 0.3 is 6.18 Å². The number of benzene rings is 2. The van der Waals surface area contributed by atoms with Crippen LogP contribution in [0.15, 0.2) is 46.9 Å². The second-order valence-corrected chi connectivity index (χ2v) is 5.85. The van der Waals surface area contributed by atoms with Crippen LogP contribution in [0.25, 0.3) is 0 Å². The van der Waals surface area contributed by atoms with Crippen LogP contribution in [0, 0.1) is 0 Å². The molecule has 0 fully saturated rings. The molecule has 0 saturated carbocycles. The summed E-state index contributed by atoms with van der Waals surface area (Å²) in [6, 6.07) is 10.4. The molecule has 1 atom stereocenters. The van der Waals surface area contributed by atoms with Crippen LogP contribution in [0.2, 0.25) is 5.02 Å². The second kappa shape index (κ2) is 6.38. The quantitative estimate of drug-likeness (QED) is 0.751. The average molecular weight is 379 g/mol. The van der Waals surface area contributed by atoms with Gasteiger partial charge in [0.2, 0.25) is 0 Å². The zero-order valence-electron chi connectivity index (χ0n) is 11.0. The number of nitrogens with one attached hydrogen (secondary N) is 1. The summed E-state index contributed by atoms with van der Waals surface area (Å²) in [6.45, 7) is 0. The van der Waals surface area contributed by atoms with Crippen LogP contribution in [0.4, 0.5) is 13.2 Å². The van der Waals surface area contributed by atoms with Crippen LogP contribution >= 0.6 is 27.5 Å². The summed E-state index contributed by atoms with van der Waals surface area (Å²) in [6.07, 6.45) is -4.42. The van der Waals surface area contributed by atoms with Crippen LogP contribution in [0.5, 0.6) is 0 Å². The summed E-state index contributed by atoms with van der Waals surface area (Å²) in [4.78, 5) is 0. The number of alkyl halides is 3. The molecule has 0 aliphatic rings. The number of rotatable bonds is 3. The minimum absolute atomic E-state index is 0.176. The molecule has 0 amide bonds. The Bertz CT molecular complexity index is 626. The van der Waals surface area contributed by atoms with E-state index in [0.29, 0.717) is 9.50 Å². The van der Waals surface area contributed by atoms with Crippen molar-refractivity contribution in [3.05, 3.63) is 68.7 Å². The Morgan fingerprint density at radius 2 is 1.71 bits per heavy atom. The Balaban J connectivity index is 2.55. The Morgan fingerprint density at radius 3 is 2.24 bits per heavy atom. The van der Waals surface area contributed by atoms with E-state index in [0.717, 1.165) is 11.6 Å². The minimum atomic E-state index is -4.42. The van der Waals surface area contributed by atoms with Gasteiger partial charge in [-0.05, 0) is 42.4 Å². The zero-order chi connectivity index (χ0) is 15.6. The van der Waals surface area contributed by atoms with Crippen LogP contribution in [-0.2, 0) is 6.18 Å². The van der Waals surface area contributed by atoms with Crippen molar-refractivity contribution >= 4 is 27.5 Å². The fourth-order valence-corrected chi connectivity index (χ4v) is 2.67. The monoisotopic (exact) mass is 377 g/mol. The smallest absolute Gasteiger partial charge is 0.309 e. The van der Waals surface area contributed by atoms with E-state index in [9.17, 15) is 13.2 Å². The van der Waals surface area contributed by atoms with Crippen LogP contribution < -0.4 is 5.32 Å². The highest BCUT2D eigenvalue weighted by Gasteiger charge is 2.35. The highest BCUT2D eigenvalue weighted by Crippen LogP contribution is 2.38. The van der Waals surface area contributed by atoms with E-state index in [1.54, 1.807) is 37.4 Å². The van der Waals surface area contributed by atoms with Gasteiger partial charge in [0.1, 0.15) is 0 Å². The summed E-state index contributed by atoms with van der Waals surface area (Å²) in [7, 11) is 1.63. The molecule has 0 spiro atoms. The minimum Gasteiger partial charge on any atom is -0.309 e. The van der Waals surface area contributed by atoms with Gasteiger partial charge in [-0.2, -0.15) is 13.2 Å². The number of hydrogen-bond donors (Lipinski definition) is 1. The molecule has 0 aliphatic heterocycles. The highest BCUT2D eigenvalue weighted by atomic mass is 79.9. The molecule has 1 unspecified atom stereocenters. The maximum absolute atomic E-state index is 13.2. The van der Waals surface area contributed by atoms with Gasteiger partial charge in [-0.15, -0.1) is 0 Å². The van der Waals surface area contributed by atoms with Gasteiger partial charge in [0.15, 0.2) is 0 Å². The summed E-state index contributed by atoms with van der Waals surface area (Å²) in [5.74, 6) is 0. The van der Waals surface area contributed by atoms with Gasteiger partial charge in [-0.1, -0.05) is 45.7 Å². The molecule has 0 aromatic heterocycles. The van der Waals surface area contributed by atoms with E-state index in [-0.39, 0.29) is 5.56 Å². The van der Waals surface area contributed by atoms with Gasteiger partial charge in [0, 0.05) is 9.50 Å². The summed E-state index contributed by atoms with van der Waals surface area (Å²) >= 11 is 8.91. The van der Waals surface area contributed by atoms with E-state index in [1.165, 1.54) is 6.07 Å². The van der Waals surface area contributed by atoms with E-state index in [2.05, 4.69) is 21.2 Å². The van der Waals surface area contributed by atoms with Crippen molar-refractivity contribution in [2.75, 3.05) is 7.05 Å². The average Bonchev–Trinajstić information content (AvgIpc) is 2.42. The van der Waals surface area contributed by atoms with Crippen molar-refractivity contribution < 1.29 is 13.2 Å². The van der Waals surface area contributed by atoms with Crippen LogP contribution in [0.1, 0.15) is 22.7 Å². The van der Waals surface area contributed by atoms with Gasteiger partial charge in [0.05, 0.1) is 11.6 Å². The van der Waals surface area contributed by atoms with Crippen molar-refractivity contribution in [3.63, 3.8) is 0 Å². The summed E-state index contributed by atoms with van der Waals surface area (Å²) in [5, 5.41) is 3.47. The molecular formula is C15H12BrClF3N. The van der Waals surface area contributed by atoms with Gasteiger partial charge < -0.3 is 5.32 Å². The molecule has 112 valence electrons. The highest BCUT2D eigenvalue weighted by molar-refractivity contribution is 9.10. The maximum Gasteiger partial charge on any atom is 0.416 e. The molecule has 2 aromatic rings. The molecule has 0 saturated heterocycles. The van der Waals surface area contributed by atoms with Crippen LogP contribution in [0.3, 0.4) is 0 Å². The van der Waals surface area contributed by atoms with Crippen LogP contribution in [-0.4, -0.2) is 7.05 Å². The first-order valence-corrected chi connectivity index (χ1v) is 7.29. The fourth-order valence-electron chi connectivity index (χ4n) is 2.18. The third-order valence-electron chi connectivity index (χ3n) is 3.12. The first-order valence-electron chi connectivity index (χ1n) is 6.12. The topological polar surface area (TPSA) is 12.0 Å². The Kier molecular flexibility index (Phi) is 4.96. The molecule has 0 radical (unpaired) electrons. The largest absolute Gasteiger partial charge is 0.416 e. The lowest BCUT2D eigenvalue weighted by Crippen LogP contribution is -2.22. The molecule has 1 nitrogen and oxygen atoms in total. The molecule has 2 rings (SSSR count). The number of hydrogen-bond acceptors (Lipinski definition) is 1. The molecule has 2 aromatic carbocycles. The first kappa shape index (κ1) is 16.3. The third-order valence-corrected chi connectivity index (χ3v) is 3.87. The lowest BCUT2D eigenvalue weighted by Gasteiger charge is -2.22. The maximum atomic E-state index is 13.2. The van der Waals surface area contributed by atoms with Crippen molar-refractivity contribution in [1.29, 1.82) is 0 Å². The molecular weight excluding hydrogens is 367 g/mol. The van der Waals surface area contributed by atoms with Crippen molar-refractivity contribution in [3.8, 4) is 0 Å². The standard InChI is InChI=1S/C15H12BrClF3N/c1-21-14(9-2-5-11(17)6-3-9)12-7-4-10(16)8-13(12)15(18,19)20/h2-8,14,21H,1H3. The second-order valence-electron chi connectivity index (χ2n) is 4.50. The lowest BCUT2D eigenvalue weighted by molar-refractivity contribution is -0.138. The molecule has 6 heteroatoms. The SMILES string of the molecule is CNC(c1ccc(Cl)cc1)c1ccc(Br)cc1C(F)(F)F. The molecule has 0 heterocycles.